The molecule has 30 heavy (non-hydrogen) atoms. The average molecular weight is 520 g/mol. The van der Waals surface area contributed by atoms with E-state index >= 15 is 0 Å². The number of benzene rings is 2. The molecule has 1 amide bonds. The van der Waals surface area contributed by atoms with Gasteiger partial charge in [0.05, 0.1) is 10.7 Å². The van der Waals surface area contributed by atoms with Gasteiger partial charge in [0.15, 0.2) is 0 Å². The van der Waals surface area contributed by atoms with E-state index in [4.69, 9.17) is 4.74 Å². The molecule has 0 saturated carbocycles. The van der Waals surface area contributed by atoms with E-state index in [2.05, 4.69) is 37.6 Å². The number of aromatic amines is 1. The monoisotopic (exact) mass is 520 g/mol. The van der Waals surface area contributed by atoms with Crippen molar-refractivity contribution in [2.24, 2.45) is 0 Å². The number of pyridine rings is 1. The van der Waals surface area contributed by atoms with Crippen molar-refractivity contribution in [3.8, 4) is 5.75 Å². The smallest absolute Gasteiger partial charge is 0.437 e. The topological polar surface area (TPSA) is 97.5 Å². The van der Waals surface area contributed by atoms with E-state index in [1.54, 1.807) is 24.3 Å². The van der Waals surface area contributed by atoms with E-state index in [0.717, 1.165) is 5.56 Å². The first-order chi connectivity index (χ1) is 14.1. The number of fused-ring (bicyclic) bond motifs is 1. The second-order valence-electron chi connectivity index (χ2n) is 7.67. The molecule has 0 bridgehead atoms. The van der Waals surface area contributed by atoms with Crippen LogP contribution in [-0.2, 0) is 10.2 Å². The maximum atomic E-state index is 13.0. The Labute approximate surface area is 186 Å². The lowest BCUT2D eigenvalue weighted by atomic mass is 9.85. The van der Waals surface area contributed by atoms with Gasteiger partial charge in [-0.3, -0.25) is 9.59 Å². The highest BCUT2D eigenvalue weighted by atomic mass is 127. The van der Waals surface area contributed by atoms with Crippen LogP contribution in [0.5, 0.6) is 5.75 Å². The van der Waals surface area contributed by atoms with Gasteiger partial charge >= 0.3 is 6.16 Å². The summed E-state index contributed by atoms with van der Waals surface area (Å²) in [5, 5.41) is 3.23. The lowest BCUT2D eigenvalue weighted by Gasteiger charge is -2.24. The molecule has 0 fully saturated rings. The van der Waals surface area contributed by atoms with Gasteiger partial charge in [-0.1, -0.05) is 32.9 Å². The molecule has 0 aliphatic heterocycles. The number of aromatic nitrogens is 1. The third-order valence-corrected chi connectivity index (χ3v) is 5.36. The number of ether oxygens (including phenoxy) is 2. The average Bonchev–Trinajstić information content (AvgIpc) is 2.69. The van der Waals surface area contributed by atoms with Gasteiger partial charge in [-0.2, -0.15) is 0 Å². The number of methoxy groups -OCH3 is 1. The van der Waals surface area contributed by atoms with Gasteiger partial charge in [0.2, 0.25) is 5.43 Å². The van der Waals surface area contributed by atoms with Crippen LogP contribution in [0, 0.1) is 3.57 Å². The minimum absolute atomic E-state index is 0.0115. The number of para-hydroxylation sites is 1. The highest BCUT2D eigenvalue weighted by Crippen LogP contribution is 2.36. The summed E-state index contributed by atoms with van der Waals surface area (Å²) in [6.07, 6.45) is 0.537. The van der Waals surface area contributed by atoms with Gasteiger partial charge in [-0.15, -0.1) is 0 Å². The predicted octanol–water partition coefficient (Wildman–Crippen LogP) is 4.83. The quantitative estimate of drug-likeness (QED) is 0.293. The Bertz CT molecular complexity index is 1190. The molecule has 3 rings (SSSR count). The lowest BCUT2D eigenvalue weighted by Crippen LogP contribution is -2.24. The minimum Gasteiger partial charge on any atom is -0.437 e. The van der Waals surface area contributed by atoms with E-state index in [-0.39, 0.29) is 22.2 Å². The van der Waals surface area contributed by atoms with Gasteiger partial charge in [-0.25, -0.2) is 4.79 Å². The van der Waals surface area contributed by atoms with Crippen LogP contribution >= 0.6 is 22.6 Å². The summed E-state index contributed by atoms with van der Waals surface area (Å²) >= 11 is 2.05. The molecule has 0 unspecified atom stereocenters. The zero-order valence-corrected chi connectivity index (χ0v) is 19.1. The van der Waals surface area contributed by atoms with Crippen LogP contribution in [0.2, 0.25) is 0 Å². The van der Waals surface area contributed by atoms with Gasteiger partial charge in [0.25, 0.3) is 5.91 Å². The van der Waals surface area contributed by atoms with Crippen molar-refractivity contribution in [2.75, 3.05) is 12.4 Å². The van der Waals surface area contributed by atoms with Crippen molar-refractivity contribution in [1.82, 2.24) is 4.98 Å². The maximum Gasteiger partial charge on any atom is 0.513 e. The number of amides is 1. The molecular weight excluding hydrogens is 499 g/mol. The molecule has 0 aliphatic carbocycles. The van der Waals surface area contributed by atoms with Crippen LogP contribution in [0.4, 0.5) is 10.5 Å². The van der Waals surface area contributed by atoms with Crippen LogP contribution in [0.3, 0.4) is 0 Å². The van der Waals surface area contributed by atoms with Gasteiger partial charge in [-0.05, 0) is 51.8 Å². The highest BCUT2D eigenvalue weighted by molar-refractivity contribution is 14.1. The predicted molar refractivity (Wildman–Crippen MR) is 123 cm³/mol. The highest BCUT2D eigenvalue weighted by Gasteiger charge is 2.24. The first-order valence-electron chi connectivity index (χ1n) is 9.13. The first-order valence-corrected chi connectivity index (χ1v) is 10.2. The third-order valence-electron chi connectivity index (χ3n) is 4.52. The Morgan fingerprint density at radius 1 is 1.13 bits per heavy atom. The molecule has 2 aromatic carbocycles. The second-order valence-corrected chi connectivity index (χ2v) is 8.83. The molecule has 0 saturated heterocycles. The third kappa shape index (κ3) is 4.48. The zero-order valence-electron chi connectivity index (χ0n) is 17.0. The van der Waals surface area contributed by atoms with Crippen LogP contribution < -0.4 is 15.5 Å². The zero-order chi connectivity index (χ0) is 22.1. The molecule has 2 N–H and O–H groups in total. The summed E-state index contributed by atoms with van der Waals surface area (Å²) in [5.41, 5.74) is 1.23. The van der Waals surface area contributed by atoms with Crippen molar-refractivity contribution < 1.29 is 19.1 Å². The molecule has 156 valence electrons. The fraction of sp³-hybridized carbons (Fsp3) is 0.227. The Kier molecular flexibility index (Phi) is 6.16. The Balaban J connectivity index is 2.05. The van der Waals surface area contributed by atoms with E-state index < -0.39 is 12.1 Å². The summed E-state index contributed by atoms with van der Waals surface area (Å²) < 4.78 is 10.4. The summed E-state index contributed by atoms with van der Waals surface area (Å²) in [6, 6.07) is 10.4. The van der Waals surface area contributed by atoms with Crippen molar-refractivity contribution in [1.29, 1.82) is 0 Å². The normalized spacial score (nSPS) is 11.2. The van der Waals surface area contributed by atoms with Crippen molar-refractivity contribution in [3.63, 3.8) is 0 Å². The fourth-order valence-electron chi connectivity index (χ4n) is 3.01. The molecular formula is C22H21IN2O5. The van der Waals surface area contributed by atoms with E-state index in [9.17, 15) is 14.4 Å². The van der Waals surface area contributed by atoms with Gasteiger partial charge in [0.1, 0.15) is 11.3 Å². The van der Waals surface area contributed by atoms with E-state index in [0.29, 0.717) is 20.2 Å². The van der Waals surface area contributed by atoms with Crippen molar-refractivity contribution >= 4 is 51.2 Å². The van der Waals surface area contributed by atoms with Gasteiger partial charge < -0.3 is 19.8 Å². The lowest BCUT2D eigenvalue weighted by molar-refractivity contribution is 0.102. The number of anilines is 1. The summed E-state index contributed by atoms with van der Waals surface area (Å²) in [6.45, 7) is 5.99. The number of nitrogens with one attached hydrogen (secondary N) is 2. The Hall–Kier alpha value is -2.88. The Morgan fingerprint density at radius 2 is 1.83 bits per heavy atom. The van der Waals surface area contributed by atoms with Crippen LogP contribution in [0.25, 0.3) is 10.9 Å². The number of hydrogen-bond acceptors (Lipinski definition) is 5. The van der Waals surface area contributed by atoms with Crippen molar-refractivity contribution in [2.45, 2.75) is 26.2 Å². The maximum absolute atomic E-state index is 13.0. The molecule has 1 aromatic heterocycles. The number of halogens is 1. The number of hydrogen-bond donors (Lipinski definition) is 2. The van der Waals surface area contributed by atoms with E-state index in [1.807, 2.05) is 32.9 Å². The molecule has 8 heteroatoms. The molecule has 0 atom stereocenters. The first kappa shape index (κ1) is 21.8. The fourth-order valence-corrected chi connectivity index (χ4v) is 3.59. The SMILES string of the molecule is COC(=O)Oc1cc(NC(=O)c2c[nH]c3ccccc3c2=O)c(C(C)(C)C)cc1I. The largest absolute Gasteiger partial charge is 0.513 e. The summed E-state index contributed by atoms with van der Waals surface area (Å²) in [7, 11) is 1.22. The summed E-state index contributed by atoms with van der Waals surface area (Å²) in [5.74, 6) is -0.309. The number of rotatable bonds is 3. The number of carbonyl (C=O) groups excluding carboxylic acids is 2. The molecule has 0 radical (unpaired) electrons. The van der Waals surface area contributed by atoms with Crippen LogP contribution in [-0.4, -0.2) is 24.2 Å². The van der Waals surface area contributed by atoms with Gasteiger partial charge in [0, 0.05) is 28.9 Å². The molecule has 7 nitrogen and oxygen atoms in total. The number of carbonyl (C=O) groups is 2. The van der Waals surface area contributed by atoms with Crippen LogP contribution in [0.1, 0.15) is 36.7 Å². The molecule has 0 spiro atoms. The minimum atomic E-state index is -0.861. The Morgan fingerprint density at radius 3 is 2.50 bits per heavy atom. The molecule has 3 aromatic rings. The molecule has 0 aliphatic rings. The van der Waals surface area contributed by atoms with Crippen molar-refractivity contribution in [3.05, 3.63) is 67.5 Å². The van der Waals surface area contributed by atoms with E-state index in [1.165, 1.54) is 13.3 Å². The van der Waals surface area contributed by atoms with Crippen LogP contribution in [0.15, 0.2) is 47.4 Å². The number of H-pyrrole nitrogens is 1. The standard InChI is InChI=1S/C22H21IN2O5/c1-22(2,3)14-9-15(23)18(30-21(28)29-4)10-17(14)25-20(27)13-11-24-16-8-6-5-7-12(16)19(13)26/h5-11H,1-4H3,(H,24,26)(H,25,27). The summed E-state index contributed by atoms with van der Waals surface area (Å²) in [4.78, 5) is 40.3. The molecule has 1 heterocycles. The second kappa shape index (κ2) is 8.47.